The number of nitrogens with zero attached hydrogens (tertiary/aromatic N) is 3. The Labute approximate surface area is 113 Å². The van der Waals surface area contributed by atoms with Crippen LogP contribution in [0.4, 0.5) is 18.9 Å². The first-order chi connectivity index (χ1) is 9.60. The highest BCUT2D eigenvalue weighted by Crippen LogP contribution is 2.20. The second-order valence-corrected chi connectivity index (χ2v) is 4.15. The standard InChI is InChI=1S/C12H13F3N4O/c13-8-4-10(14)12(11(15)5-8)16-6-9-7-19(18-17-9)2-1-3-20/h4-5,7,16,20H,1-3,6H2. The van der Waals surface area contributed by atoms with Crippen molar-refractivity contribution in [3.05, 3.63) is 41.5 Å². The Kier molecular flexibility index (Phi) is 4.57. The summed E-state index contributed by atoms with van der Waals surface area (Å²) in [6.07, 6.45) is 2.14. The molecule has 108 valence electrons. The smallest absolute Gasteiger partial charge is 0.152 e. The van der Waals surface area contributed by atoms with Crippen LogP contribution in [0.15, 0.2) is 18.3 Å². The van der Waals surface area contributed by atoms with Crippen molar-refractivity contribution in [2.24, 2.45) is 0 Å². The second kappa shape index (κ2) is 6.38. The number of anilines is 1. The Morgan fingerprint density at radius 1 is 1.20 bits per heavy atom. The van der Waals surface area contributed by atoms with Crippen molar-refractivity contribution in [1.29, 1.82) is 0 Å². The van der Waals surface area contributed by atoms with E-state index >= 15 is 0 Å². The Morgan fingerprint density at radius 3 is 2.55 bits per heavy atom. The van der Waals surface area contributed by atoms with Crippen molar-refractivity contribution in [1.82, 2.24) is 15.0 Å². The third-order valence-electron chi connectivity index (χ3n) is 2.58. The highest BCUT2D eigenvalue weighted by molar-refractivity contribution is 5.46. The van der Waals surface area contributed by atoms with Gasteiger partial charge >= 0.3 is 0 Å². The van der Waals surface area contributed by atoms with Gasteiger partial charge in [-0.25, -0.2) is 13.2 Å². The summed E-state index contributed by atoms with van der Waals surface area (Å²) in [6.45, 7) is 0.598. The molecule has 20 heavy (non-hydrogen) atoms. The molecule has 0 saturated carbocycles. The fraction of sp³-hybridized carbons (Fsp3) is 0.333. The molecule has 0 amide bonds. The van der Waals surface area contributed by atoms with Crippen molar-refractivity contribution < 1.29 is 18.3 Å². The Balaban J connectivity index is 2.00. The molecule has 0 radical (unpaired) electrons. The Morgan fingerprint density at radius 2 is 1.90 bits per heavy atom. The van der Waals surface area contributed by atoms with Crippen LogP contribution in [0.2, 0.25) is 0 Å². The number of aliphatic hydroxyl groups excluding tert-OH is 1. The number of rotatable bonds is 6. The molecule has 2 N–H and O–H groups in total. The summed E-state index contributed by atoms with van der Waals surface area (Å²) >= 11 is 0. The zero-order valence-corrected chi connectivity index (χ0v) is 10.5. The van der Waals surface area contributed by atoms with E-state index in [0.29, 0.717) is 30.8 Å². The number of hydrogen-bond donors (Lipinski definition) is 2. The van der Waals surface area contributed by atoms with E-state index in [9.17, 15) is 13.2 Å². The summed E-state index contributed by atoms with van der Waals surface area (Å²) < 4.78 is 41.0. The van der Waals surface area contributed by atoms with Crippen LogP contribution in [-0.2, 0) is 13.1 Å². The molecule has 2 rings (SSSR count). The van der Waals surface area contributed by atoms with Gasteiger partial charge in [-0.1, -0.05) is 5.21 Å². The lowest BCUT2D eigenvalue weighted by Gasteiger charge is -2.06. The summed E-state index contributed by atoms with van der Waals surface area (Å²) in [4.78, 5) is 0. The number of aliphatic hydroxyl groups is 1. The lowest BCUT2D eigenvalue weighted by atomic mass is 10.2. The first-order valence-electron chi connectivity index (χ1n) is 5.98. The molecule has 1 aromatic carbocycles. The van der Waals surface area contributed by atoms with Crippen LogP contribution in [0, 0.1) is 17.5 Å². The third-order valence-corrected chi connectivity index (χ3v) is 2.58. The molecule has 0 aliphatic carbocycles. The molecule has 0 atom stereocenters. The first kappa shape index (κ1) is 14.3. The van der Waals surface area contributed by atoms with Crippen LogP contribution >= 0.6 is 0 Å². The van der Waals surface area contributed by atoms with Crippen molar-refractivity contribution in [3.63, 3.8) is 0 Å². The predicted octanol–water partition coefficient (Wildman–Crippen LogP) is 1.69. The molecule has 0 aliphatic heterocycles. The Bertz CT molecular complexity index is 565. The summed E-state index contributed by atoms with van der Waals surface area (Å²) in [7, 11) is 0. The highest BCUT2D eigenvalue weighted by atomic mass is 19.1. The van der Waals surface area contributed by atoms with Gasteiger partial charge in [0.05, 0.1) is 12.7 Å². The number of halogens is 3. The van der Waals surface area contributed by atoms with E-state index in [0.717, 1.165) is 0 Å². The number of aryl methyl sites for hydroxylation is 1. The predicted molar refractivity (Wildman–Crippen MR) is 65.4 cm³/mol. The van der Waals surface area contributed by atoms with Gasteiger partial charge in [0.15, 0.2) is 11.6 Å². The molecule has 5 nitrogen and oxygen atoms in total. The molecular formula is C12H13F3N4O. The zero-order valence-electron chi connectivity index (χ0n) is 10.5. The fourth-order valence-corrected chi connectivity index (χ4v) is 1.65. The molecule has 0 unspecified atom stereocenters. The number of hydrogen-bond acceptors (Lipinski definition) is 4. The quantitative estimate of drug-likeness (QED) is 0.848. The average molecular weight is 286 g/mol. The van der Waals surface area contributed by atoms with E-state index in [-0.39, 0.29) is 13.2 Å². The minimum Gasteiger partial charge on any atom is -0.396 e. The SMILES string of the molecule is OCCCn1cc(CNc2c(F)cc(F)cc2F)nn1. The van der Waals surface area contributed by atoms with E-state index in [1.165, 1.54) is 4.68 Å². The molecular weight excluding hydrogens is 273 g/mol. The van der Waals surface area contributed by atoms with Gasteiger partial charge in [-0.05, 0) is 6.42 Å². The fourth-order valence-electron chi connectivity index (χ4n) is 1.65. The van der Waals surface area contributed by atoms with Gasteiger partial charge in [0, 0.05) is 25.3 Å². The van der Waals surface area contributed by atoms with Gasteiger partial charge in [-0.3, -0.25) is 4.68 Å². The highest BCUT2D eigenvalue weighted by Gasteiger charge is 2.11. The monoisotopic (exact) mass is 286 g/mol. The van der Waals surface area contributed by atoms with E-state index in [1.807, 2.05) is 0 Å². The van der Waals surface area contributed by atoms with Crippen LogP contribution in [0.5, 0.6) is 0 Å². The molecule has 1 aromatic heterocycles. The number of benzene rings is 1. The van der Waals surface area contributed by atoms with Crippen molar-refractivity contribution in [2.75, 3.05) is 11.9 Å². The maximum Gasteiger partial charge on any atom is 0.152 e. The molecule has 0 spiro atoms. The summed E-state index contributed by atoms with van der Waals surface area (Å²) in [5.74, 6) is -2.98. The van der Waals surface area contributed by atoms with E-state index in [4.69, 9.17) is 5.11 Å². The van der Waals surface area contributed by atoms with Crippen molar-refractivity contribution in [2.45, 2.75) is 19.5 Å². The summed E-state index contributed by atoms with van der Waals surface area (Å²) in [6, 6.07) is 1.20. The van der Waals surface area contributed by atoms with Crippen molar-refractivity contribution in [3.8, 4) is 0 Å². The van der Waals surface area contributed by atoms with E-state index < -0.39 is 23.1 Å². The van der Waals surface area contributed by atoms with Crippen LogP contribution in [-0.4, -0.2) is 26.7 Å². The summed E-state index contributed by atoms with van der Waals surface area (Å²) in [5, 5.41) is 18.8. The molecule has 2 aromatic rings. The van der Waals surface area contributed by atoms with Crippen LogP contribution in [0.25, 0.3) is 0 Å². The minimum absolute atomic E-state index is 0.0411. The van der Waals surface area contributed by atoms with Crippen LogP contribution < -0.4 is 5.32 Å². The maximum atomic E-state index is 13.4. The molecule has 1 heterocycles. The Hall–Kier alpha value is -2.09. The van der Waals surface area contributed by atoms with Gasteiger partial charge in [0.25, 0.3) is 0 Å². The van der Waals surface area contributed by atoms with Crippen molar-refractivity contribution >= 4 is 5.69 Å². The first-order valence-corrected chi connectivity index (χ1v) is 5.98. The molecule has 0 bridgehead atoms. The summed E-state index contributed by atoms with van der Waals surface area (Å²) in [5.41, 5.74) is 0.0716. The lowest BCUT2D eigenvalue weighted by Crippen LogP contribution is -2.05. The van der Waals surface area contributed by atoms with Gasteiger partial charge in [-0.15, -0.1) is 5.10 Å². The van der Waals surface area contributed by atoms with Gasteiger partial charge in [0.1, 0.15) is 17.2 Å². The molecule has 0 fully saturated rings. The van der Waals surface area contributed by atoms with Crippen LogP contribution in [0.3, 0.4) is 0 Å². The van der Waals surface area contributed by atoms with E-state index in [1.54, 1.807) is 6.20 Å². The van der Waals surface area contributed by atoms with Gasteiger partial charge in [-0.2, -0.15) is 0 Å². The molecule has 0 saturated heterocycles. The molecule has 0 aliphatic rings. The maximum absolute atomic E-state index is 13.4. The van der Waals surface area contributed by atoms with E-state index in [2.05, 4.69) is 15.6 Å². The lowest BCUT2D eigenvalue weighted by molar-refractivity contribution is 0.276. The average Bonchev–Trinajstić information content (AvgIpc) is 2.83. The topological polar surface area (TPSA) is 63.0 Å². The number of nitrogens with one attached hydrogen (secondary N) is 1. The zero-order chi connectivity index (χ0) is 14.5. The minimum atomic E-state index is -1.00. The number of aromatic nitrogens is 3. The normalized spacial score (nSPS) is 10.8. The van der Waals surface area contributed by atoms with Gasteiger partial charge in [0.2, 0.25) is 0 Å². The third kappa shape index (κ3) is 3.47. The van der Waals surface area contributed by atoms with Gasteiger partial charge < -0.3 is 10.4 Å². The largest absolute Gasteiger partial charge is 0.396 e. The van der Waals surface area contributed by atoms with Crippen LogP contribution in [0.1, 0.15) is 12.1 Å². The molecule has 8 heteroatoms. The second-order valence-electron chi connectivity index (χ2n) is 4.15.